The van der Waals surface area contributed by atoms with Crippen molar-refractivity contribution in [2.24, 2.45) is 0 Å². The maximum atomic E-state index is 8.14. The number of unbranched alkanes of at least 4 members (excludes halogenated alkanes) is 1. The van der Waals surface area contributed by atoms with Gasteiger partial charge in [-0.2, -0.15) is 5.26 Å². The van der Waals surface area contributed by atoms with Crippen molar-refractivity contribution < 1.29 is 0 Å². The van der Waals surface area contributed by atoms with E-state index in [1.54, 1.807) is 13.0 Å². The lowest BCUT2D eigenvalue weighted by Crippen LogP contribution is -1.62. The fraction of sp³-hybridized carbons (Fsp3) is 0.562. The number of nitrogens with zero attached hydrogens (tertiary/aromatic N) is 1. The van der Waals surface area contributed by atoms with Crippen molar-refractivity contribution in [1.82, 2.24) is 0 Å². The number of rotatable bonds is 3. The van der Waals surface area contributed by atoms with Gasteiger partial charge in [-0.05, 0) is 20.3 Å². The predicted octanol–water partition coefficient (Wildman–Crippen LogP) is 6.06. The summed E-state index contributed by atoms with van der Waals surface area (Å²) in [4.78, 5) is 0. The van der Waals surface area contributed by atoms with Crippen LogP contribution in [0.3, 0.4) is 0 Å². The molecule has 0 aromatic heterocycles. The number of nitriles is 1. The van der Waals surface area contributed by atoms with E-state index in [1.807, 2.05) is 33.8 Å². The van der Waals surface area contributed by atoms with E-state index in [4.69, 9.17) is 5.26 Å². The Bertz CT molecular complexity index is 204. The van der Waals surface area contributed by atoms with Crippen molar-refractivity contribution in [2.75, 3.05) is 0 Å². The maximum Gasteiger partial charge on any atom is 0.0987 e. The van der Waals surface area contributed by atoms with Crippen LogP contribution in [-0.4, -0.2) is 0 Å². The lowest BCUT2D eigenvalue weighted by molar-refractivity contribution is 0.957. The average molecular weight is 237 g/mol. The minimum atomic E-state index is 0.625. The molecule has 1 nitrogen and oxygen atoms in total. The molecule has 0 spiro atoms. The monoisotopic (exact) mass is 237 g/mol. The first-order valence-electron chi connectivity index (χ1n) is 6.56. The van der Waals surface area contributed by atoms with Crippen LogP contribution < -0.4 is 0 Å². The Labute approximate surface area is 110 Å². The summed E-state index contributed by atoms with van der Waals surface area (Å²) in [5.74, 6) is 0. The standard InChI is InChI=1S/C6H7N.C6H12.2C2H6/c1-3-6(4-2)5-7;1-3-5-6-4-2;2*1-2/h3-4H,1H2,2H3;3,5H,4,6H2,1-2H3;2*1-2H3/b6-4+;5-3-;;. The molecule has 0 atom stereocenters. The second kappa shape index (κ2) is 36.4. The first-order valence-corrected chi connectivity index (χ1v) is 6.56. The fourth-order valence-corrected chi connectivity index (χ4v) is 0.561. The highest BCUT2D eigenvalue weighted by Crippen LogP contribution is 1.88. The number of allylic oxidation sites excluding steroid dienone is 5. The highest BCUT2D eigenvalue weighted by atomic mass is 14.2. The molecule has 0 unspecified atom stereocenters. The summed E-state index contributed by atoms with van der Waals surface area (Å²) in [5, 5.41) is 8.14. The molecule has 0 aliphatic rings. The maximum absolute atomic E-state index is 8.14. The van der Waals surface area contributed by atoms with Crippen LogP contribution in [0, 0.1) is 11.3 Å². The van der Waals surface area contributed by atoms with E-state index < -0.39 is 0 Å². The van der Waals surface area contributed by atoms with Crippen LogP contribution >= 0.6 is 0 Å². The molecule has 0 rings (SSSR count). The Balaban J connectivity index is -0.0000000772. The summed E-state index contributed by atoms with van der Waals surface area (Å²) in [6, 6.07) is 1.94. The molecule has 0 aliphatic heterocycles. The topological polar surface area (TPSA) is 23.8 Å². The Morgan fingerprint density at radius 2 is 1.65 bits per heavy atom. The summed E-state index contributed by atoms with van der Waals surface area (Å²) in [6.45, 7) is 17.4. The minimum absolute atomic E-state index is 0.625. The number of hydrogen-bond donors (Lipinski definition) is 0. The van der Waals surface area contributed by atoms with Gasteiger partial charge in [0, 0.05) is 5.57 Å². The van der Waals surface area contributed by atoms with Crippen molar-refractivity contribution in [2.45, 2.75) is 61.3 Å². The fourth-order valence-electron chi connectivity index (χ4n) is 0.561. The van der Waals surface area contributed by atoms with E-state index in [9.17, 15) is 0 Å². The highest BCUT2D eigenvalue weighted by Gasteiger charge is 1.76. The predicted molar refractivity (Wildman–Crippen MR) is 82.0 cm³/mol. The summed E-state index contributed by atoms with van der Waals surface area (Å²) < 4.78 is 0. The lowest BCUT2D eigenvalue weighted by atomic mass is 10.3. The molecule has 0 aromatic carbocycles. The Morgan fingerprint density at radius 1 is 1.18 bits per heavy atom. The second-order valence-electron chi connectivity index (χ2n) is 2.42. The molecule has 0 N–H and O–H groups in total. The third-order valence-electron chi connectivity index (χ3n) is 1.35. The molecular weight excluding hydrogens is 206 g/mol. The van der Waals surface area contributed by atoms with Gasteiger partial charge in [-0.3, -0.25) is 0 Å². The molecule has 100 valence electrons. The van der Waals surface area contributed by atoms with Crippen LogP contribution in [0.4, 0.5) is 0 Å². The van der Waals surface area contributed by atoms with Gasteiger partial charge < -0.3 is 0 Å². The zero-order valence-corrected chi connectivity index (χ0v) is 12.9. The van der Waals surface area contributed by atoms with Crippen LogP contribution in [-0.2, 0) is 0 Å². The molecule has 0 fully saturated rings. The third-order valence-corrected chi connectivity index (χ3v) is 1.35. The second-order valence-corrected chi connectivity index (χ2v) is 2.42. The Kier molecular flexibility index (Phi) is 53.1. The molecule has 0 aliphatic carbocycles. The van der Waals surface area contributed by atoms with E-state index >= 15 is 0 Å². The molecule has 1 heteroatoms. The van der Waals surface area contributed by atoms with Crippen molar-refractivity contribution in [3.05, 3.63) is 36.5 Å². The molecule has 0 saturated heterocycles. The van der Waals surface area contributed by atoms with Gasteiger partial charge >= 0.3 is 0 Å². The van der Waals surface area contributed by atoms with Crippen molar-refractivity contribution >= 4 is 0 Å². The summed E-state index contributed by atoms with van der Waals surface area (Å²) in [7, 11) is 0. The quantitative estimate of drug-likeness (QED) is 0.332. The van der Waals surface area contributed by atoms with Crippen LogP contribution in [0.1, 0.15) is 61.3 Å². The van der Waals surface area contributed by atoms with Crippen LogP contribution in [0.5, 0.6) is 0 Å². The van der Waals surface area contributed by atoms with Crippen molar-refractivity contribution in [3.63, 3.8) is 0 Å². The Hall–Kier alpha value is -1.29. The Morgan fingerprint density at radius 3 is 1.71 bits per heavy atom. The van der Waals surface area contributed by atoms with E-state index in [0.717, 1.165) is 0 Å². The molecule has 0 heterocycles. The highest BCUT2D eigenvalue weighted by molar-refractivity contribution is 5.30. The lowest BCUT2D eigenvalue weighted by Gasteiger charge is -1.76. The van der Waals surface area contributed by atoms with E-state index in [2.05, 4.69) is 32.6 Å². The third kappa shape index (κ3) is 40.0. The summed E-state index contributed by atoms with van der Waals surface area (Å²) in [6.07, 6.45) is 10.0. The molecular formula is C16H31N. The molecule has 0 aromatic rings. The largest absolute Gasteiger partial charge is 0.192 e. The smallest absolute Gasteiger partial charge is 0.0987 e. The van der Waals surface area contributed by atoms with Gasteiger partial charge in [-0.1, -0.05) is 71.9 Å². The molecule has 0 radical (unpaired) electrons. The van der Waals surface area contributed by atoms with Crippen molar-refractivity contribution in [3.8, 4) is 6.07 Å². The van der Waals surface area contributed by atoms with Crippen LogP contribution in [0.15, 0.2) is 36.5 Å². The molecule has 0 bridgehead atoms. The minimum Gasteiger partial charge on any atom is -0.192 e. The van der Waals surface area contributed by atoms with Crippen molar-refractivity contribution in [1.29, 1.82) is 5.26 Å². The van der Waals surface area contributed by atoms with Gasteiger partial charge in [0.25, 0.3) is 0 Å². The van der Waals surface area contributed by atoms with Crippen LogP contribution in [0.2, 0.25) is 0 Å². The van der Waals surface area contributed by atoms with Gasteiger partial charge in [0.2, 0.25) is 0 Å². The molecule has 17 heavy (non-hydrogen) atoms. The van der Waals surface area contributed by atoms with E-state index in [1.165, 1.54) is 18.9 Å². The van der Waals surface area contributed by atoms with Gasteiger partial charge in [0.1, 0.15) is 0 Å². The van der Waals surface area contributed by atoms with Crippen LogP contribution in [0.25, 0.3) is 0 Å². The van der Waals surface area contributed by atoms with Gasteiger partial charge in [-0.25, -0.2) is 0 Å². The number of hydrogen-bond acceptors (Lipinski definition) is 1. The molecule has 0 saturated carbocycles. The molecule has 0 amide bonds. The SMILES string of the molecule is C/C=C\CCC.C=C/C(C#N)=C\C.CC.CC. The summed E-state index contributed by atoms with van der Waals surface area (Å²) >= 11 is 0. The van der Waals surface area contributed by atoms with Gasteiger partial charge in [-0.15, -0.1) is 0 Å². The first kappa shape index (κ1) is 24.8. The summed E-state index contributed by atoms with van der Waals surface area (Å²) in [5.41, 5.74) is 0.625. The van der Waals surface area contributed by atoms with E-state index in [-0.39, 0.29) is 0 Å². The van der Waals surface area contributed by atoms with Gasteiger partial charge in [0.05, 0.1) is 6.07 Å². The van der Waals surface area contributed by atoms with Gasteiger partial charge in [0.15, 0.2) is 0 Å². The normalized spacial score (nSPS) is 8.47. The average Bonchev–Trinajstić information content (AvgIpc) is 2.43. The zero-order valence-electron chi connectivity index (χ0n) is 12.9. The first-order chi connectivity index (χ1) is 8.26. The zero-order chi connectivity index (χ0) is 14.5. The van der Waals surface area contributed by atoms with E-state index in [0.29, 0.717) is 5.57 Å².